The van der Waals surface area contributed by atoms with Crippen LogP contribution in [0.3, 0.4) is 0 Å². The van der Waals surface area contributed by atoms with Gasteiger partial charge in [0, 0.05) is 22.7 Å². The molecule has 1 amide bonds. The van der Waals surface area contributed by atoms with Gasteiger partial charge in [-0.05, 0) is 55.3 Å². The number of benzene rings is 3. The van der Waals surface area contributed by atoms with Gasteiger partial charge in [-0.3, -0.25) is 19.2 Å². The molecule has 0 heterocycles. The van der Waals surface area contributed by atoms with Crippen LogP contribution < -0.4 is 9.73 Å². The minimum absolute atomic E-state index is 0.0360. The molecule has 0 saturated heterocycles. The molecular weight excluding hydrogens is 480 g/mol. The highest BCUT2D eigenvalue weighted by Gasteiger charge is 2.27. The number of nitro groups is 1. The van der Waals surface area contributed by atoms with E-state index in [1.165, 1.54) is 30.3 Å². The van der Waals surface area contributed by atoms with Crippen molar-refractivity contribution in [2.24, 2.45) is 5.10 Å². The van der Waals surface area contributed by atoms with E-state index in [9.17, 15) is 23.3 Å². The lowest BCUT2D eigenvalue weighted by Gasteiger charge is -2.24. The highest BCUT2D eigenvalue weighted by molar-refractivity contribution is 7.92. The maximum atomic E-state index is 13.4. The first-order valence-corrected chi connectivity index (χ1v) is 11.8. The number of nitrogens with one attached hydrogen (secondary N) is 1. The van der Waals surface area contributed by atoms with Crippen LogP contribution in [0.1, 0.15) is 16.7 Å². The summed E-state index contributed by atoms with van der Waals surface area (Å²) in [4.78, 5) is 23.1. The molecule has 0 aromatic heterocycles. The standard InChI is InChI=1S/C23H21ClN4O5S/c1-16-10-17(2)12-20(11-16)27(34(32,33)21-6-4-3-5-7-21)15-23(29)26-25-14-18-13-19(28(30)31)8-9-22(18)24/h3-14H,15H2,1-2H3,(H,26,29)/b25-14-. The highest BCUT2D eigenvalue weighted by Crippen LogP contribution is 2.26. The molecule has 1 N–H and O–H groups in total. The molecule has 3 rings (SSSR count). The number of rotatable bonds is 8. The third kappa shape index (κ3) is 5.97. The quantitative estimate of drug-likeness (QED) is 0.282. The Balaban J connectivity index is 1.87. The number of sulfonamides is 1. The first kappa shape index (κ1) is 24.9. The summed E-state index contributed by atoms with van der Waals surface area (Å²) in [6.07, 6.45) is 1.15. The van der Waals surface area contributed by atoms with Crippen LogP contribution >= 0.6 is 11.6 Å². The number of non-ortho nitro benzene ring substituents is 1. The van der Waals surface area contributed by atoms with Crippen LogP contribution in [-0.2, 0) is 14.8 Å². The van der Waals surface area contributed by atoms with Crippen molar-refractivity contribution in [3.05, 3.63) is 98.6 Å². The van der Waals surface area contributed by atoms with Gasteiger partial charge in [-0.2, -0.15) is 5.10 Å². The van der Waals surface area contributed by atoms with Gasteiger partial charge in [0.25, 0.3) is 21.6 Å². The lowest BCUT2D eigenvalue weighted by atomic mass is 10.1. The fourth-order valence-electron chi connectivity index (χ4n) is 3.21. The van der Waals surface area contributed by atoms with Crippen molar-refractivity contribution in [2.45, 2.75) is 18.7 Å². The monoisotopic (exact) mass is 500 g/mol. The zero-order chi connectivity index (χ0) is 24.9. The first-order chi connectivity index (χ1) is 16.1. The Labute approximate surface area is 201 Å². The lowest BCUT2D eigenvalue weighted by Crippen LogP contribution is -2.39. The van der Waals surface area contributed by atoms with Crippen molar-refractivity contribution in [3.8, 4) is 0 Å². The molecule has 0 aliphatic carbocycles. The molecule has 0 saturated carbocycles. The summed E-state index contributed by atoms with van der Waals surface area (Å²) in [5.74, 6) is -0.712. The van der Waals surface area contributed by atoms with E-state index in [0.717, 1.165) is 21.6 Å². The van der Waals surface area contributed by atoms with E-state index >= 15 is 0 Å². The second kappa shape index (κ2) is 10.4. The zero-order valence-corrected chi connectivity index (χ0v) is 19.9. The summed E-state index contributed by atoms with van der Waals surface area (Å²) in [6, 6.07) is 16.8. The van der Waals surface area contributed by atoms with Crippen molar-refractivity contribution in [2.75, 3.05) is 10.8 Å². The summed E-state index contributed by atoms with van der Waals surface area (Å²) >= 11 is 6.02. The molecule has 176 valence electrons. The Morgan fingerprint density at radius 1 is 1.09 bits per heavy atom. The summed E-state index contributed by atoms with van der Waals surface area (Å²) in [7, 11) is -4.06. The third-order valence-electron chi connectivity index (χ3n) is 4.70. The van der Waals surface area contributed by atoms with Gasteiger partial charge in [-0.1, -0.05) is 35.9 Å². The minimum Gasteiger partial charge on any atom is -0.271 e. The smallest absolute Gasteiger partial charge is 0.270 e. The van der Waals surface area contributed by atoms with Gasteiger partial charge in [0.05, 0.1) is 21.7 Å². The van der Waals surface area contributed by atoms with Crippen molar-refractivity contribution in [1.82, 2.24) is 5.43 Å². The zero-order valence-electron chi connectivity index (χ0n) is 18.3. The first-order valence-electron chi connectivity index (χ1n) is 10.00. The number of anilines is 1. The number of halogens is 1. The molecule has 0 aliphatic rings. The number of amides is 1. The summed E-state index contributed by atoms with van der Waals surface area (Å²) < 4.78 is 27.7. The van der Waals surface area contributed by atoms with Crippen molar-refractivity contribution < 1.29 is 18.1 Å². The number of nitrogens with zero attached hydrogens (tertiary/aromatic N) is 3. The normalized spacial score (nSPS) is 11.4. The van der Waals surface area contributed by atoms with Gasteiger partial charge in [-0.25, -0.2) is 13.8 Å². The predicted molar refractivity (Wildman–Crippen MR) is 131 cm³/mol. The highest BCUT2D eigenvalue weighted by atomic mass is 35.5. The summed E-state index contributed by atoms with van der Waals surface area (Å²) in [6.45, 7) is 3.12. The molecule has 3 aromatic carbocycles. The number of carbonyl (C=O) groups excluding carboxylic acids is 1. The second-order valence-corrected chi connectivity index (χ2v) is 9.70. The van der Waals surface area contributed by atoms with E-state index in [0.29, 0.717) is 5.69 Å². The van der Waals surface area contributed by atoms with Crippen LogP contribution in [0, 0.1) is 24.0 Å². The molecule has 9 nitrogen and oxygen atoms in total. The van der Waals surface area contributed by atoms with Crippen molar-refractivity contribution in [1.29, 1.82) is 0 Å². The molecule has 0 aliphatic heterocycles. The summed E-state index contributed by atoms with van der Waals surface area (Å²) in [5.41, 5.74) is 4.30. The molecule has 0 radical (unpaired) electrons. The average molecular weight is 501 g/mol. The van der Waals surface area contributed by atoms with Gasteiger partial charge in [0.15, 0.2) is 0 Å². The average Bonchev–Trinajstić information content (AvgIpc) is 2.78. The predicted octanol–water partition coefficient (Wildman–Crippen LogP) is 4.21. The molecule has 11 heteroatoms. The molecule has 0 spiro atoms. The van der Waals surface area contributed by atoms with Gasteiger partial charge >= 0.3 is 0 Å². The fraction of sp³-hybridized carbons (Fsp3) is 0.130. The Hall–Kier alpha value is -3.76. The van der Waals surface area contributed by atoms with Crippen molar-refractivity contribution >= 4 is 45.1 Å². The van der Waals surface area contributed by atoms with Gasteiger partial charge in [-0.15, -0.1) is 0 Å². The maximum Gasteiger partial charge on any atom is 0.270 e. The van der Waals surface area contributed by atoms with E-state index in [-0.39, 0.29) is 21.2 Å². The van der Waals surface area contributed by atoms with E-state index in [1.54, 1.807) is 30.3 Å². The van der Waals surface area contributed by atoms with Crippen LogP contribution in [0.25, 0.3) is 0 Å². The molecule has 34 heavy (non-hydrogen) atoms. The van der Waals surface area contributed by atoms with Crippen LogP contribution in [-0.4, -0.2) is 32.0 Å². The molecule has 0 fully saturated rings. The minimum atomic E-state index is -4.06. The summed E-state index contributed by atoms with van der Waals surface area (Å²) in [5, 5.41) is 14.9. The van der Waals surface area contributed by atoms with Gasteiger partial charge < -0.3 is 0 Å². The number of hydrogen-bond donors (Lipinski definition) is 1. The van der Waals surface area contributed by atoms with Gasteiger partial charge in [0.2, 0.25) is 0 Å². The Morgan fingerprint density at radius 3 is 2.35 bits per heavy atom. The van der Waals surface area contributed by atoms with Gasteiger partial charge in [0.1, 0.15) is 6.54 Å². The lowest BCUT2D eigenvalue weighted by molar-refractivity contribution is -0.384. The Kier molecular flexibility index (Phi) is 7.64. The largest absolute Gasteiger partial charge is 0.271 e. The Bertz CT molecular complexity index is 1340. The number of hydrazone groups is 1. The number of nitro benzene ring substituents is 1. The topological polar surface area (TPSA) is 122 Å². The van der Waals surface area contributed by atoms with Crippen LogP contribution in [0.15, 0.2) is 76.7 Å². The molecular formula is C23H21ClN4O5S. The number of aryl methyl sites for hydroxylation is 2. The molecule has 0 unspecified atom stereocenters. The van der Waals surface area contributed by atoms with E-state index in [1.807, 2.05) is 19.9 Å². The van der Waals surface area contributed by atoms with Crippen LogP contribution in [0.5, 0.6) is 0 Å². The third-order valence-corrected chi connectivity index (χ3v) is 6.83. The number of carbonyl (C=O) groups is 1. The molecule has 0 bridgehead atoms. The van der Waals surface area contributed by atoms with E-state index in [4.69, 9.17) is 11.6 Å². The van der Waals surface area contributed by atoms with E-state index in [2.05, 4.69) is 10.5 Å². The van der Waals surface area contributed by atoms with Crippen LogP contribution in [0.4, 0.5) is 11.4 Å². The van der Waals surface area contributed by atoms with Crippen LogP contribution in [0.2, 0.25) is 5.02 Å². The molecule has 3 aromatic rings. The molecule has 0 atom stereocenters. The van der Waals surface area contributed by atoms with E-state index < -0.39 is 27.4 Å². The SMILES string of the molecule is Cc1cc(C)cc(N(CC(=O)N/N=C\c2cc([N+](=O)[O-])ccc2Cl)S(=O)(=O)c2ccccc2)c1. The van der Waals surface area contributed by atoms with Crippen molar-refractivity contribution in [3.63, 3.8) is 0 Å². The second-order valence-electron chi connectivity index (χ2n) is 7.43. The maximum absolute atomic E-state index is 13.4. The number of hydrogen-bond acceptors (Lipinski definition) is 6. The fourth-order valence-corrected chi connectivity index (χ4v) is 4.80. The Morgan fingerprint density at radius 2 is 1.74 bits per heavy atom.